The smallest absolute Gasteiger partial charge is 0.264 e. The van der Waals surface area contributed by atoms with Gasteiger partial charge in [0.15, 0.2) is 6.61 Å². The van der Waals surface area contributed by atoms with E-state index in [4.69, 9.17) is 16.3 Å². The summed E-state index contributed by atoms with van der Waals surface area (Å²) in [5.74, 6) is 1.41. The zero-order chi connectivity index (χ0) is 16.7. The van der Waals surface area contributed by atoms with Crippen LogP contribution in [0.2, 0.25) is 5.02 Å². The Labute approximate surface area is 144 Å². The van der Waals surface area contributed by atoms with Gasteiger partial charge in [0.05, 0.1) is 11.4 Å². The number of rotatable bonds is 2. The molecule has 120 valence electrons. The topological polar surface area (TPSA) is 47.4 Å². The van der Waals surface area contributed by atoms with E-state index in [-0.39, 0.29) is 12.5 Å². The second-order valence-electron chi connectivity index (χ2n) is 5.52. The van der Waals surface area contributed by atoms with Gasteiger partial charge in [-0.2, -0.15) is 0 Å². The Bertz CT molecular complexity index is 936. The first-order chi connectivity index (χ1) is 11.6. The quantitative estimate of drug-likeness (QED) is 0.717. The third kappa shape index (κ3) is 2.43. The first-order valence-electron chi connectivity index (χ1n) is 7.46. The summed E-state index contributed by atoms with van der Waals surface area (Å²) in [5.41, 5.74) is 2.60. The van der Waals surface area contributed by atoms with E-state index in [2.05, 4.69) is 4.98 Å². The maximum Gasteiger partial charge on any atom is 0.264 e. The number of carbonyl (C=O) groups is 1. The normalized spacial score (nSPS) is 13.6. The Morgan fingerprint density at radius 3 is 2.92 bits per heavy atom. The average Bonchev–Trinajstić information content (AvgIpc) is 3.08. The van der Waals surface area contributed by atoms with Gasteiger partial charge < -0.3 is 9.64 Å². The lowest BCUT2D eigenvalue weighted by molar-refractivity contribution is -0.120. The van der Waals surface area contributed by atoms with Gasteiger partial charge in [-0.1, -0.05) is 23.7 Å². The van der Waals surface area contributed by atoms with Crippen LogP contribution in [-0.4, -0.2) is 29.1 Å². The van der Waals surface area contributed by atoms with Crippen molar-refractivity contribution in [2.75, 3.05) is 18.6 Å². The number of ether oxygens (including phenoxy) is 1. The van der Waals surface area contributed by atoms with Crippen molar-refractivity contribution in [1.29, 1.82) is 0 Å². The predicted octanol–water partition coefficient (Wildman–Crippen LogP) is 3.55. The molecule has 0 N–H and O–H groups in total. The lowest BCUT2D eigenvalue weighted by Gasteiger charge is -2.26. The molecule has 24 heavy (non-hydrogen) atoms. The monoisotopic (exact) mass is 339 g/mol. The van der Waals surface area contributed by atoms with Crippen LogP contribution in [0.1, 0.15) is 0 Å². The van der Waals surface area contributed by atoms with Crippen LogP contribution in [0.3, 0.4) is 0 Å². The van der Waals surface area contributed by atoms with Crippen molar-refractivity contribution in [2.24, 2.45) is 0 Å². The highest BCUT2D eigenvalue weighted by Crippen LogP contribution is 2.34. The van der Waals surface area contributed by atoms with Gasteiger partial charge in [0.1, 0.15) is 11.6 Å². The molecule has 0 bridgehead atoms. The molecule has 2 aromatic carbocycles. The highest BCUT2D eigenvalue weighted by atomic mass is 35.5. The standard InChI is InChI=1S/C18H14ClN3O2/c1-21-15-6-5-14(10-16(15)24-11-17(21)23)22-8-7-20-18(22)12-3-2-4-13(19)9-12/h2-10H,11H2,1H3. The molecule has 0 saturated carbocycles. The van der Waals surface area contributed by atoms with Gasteiger partial charge in [0, 0.05) is 36.1 Å². The number of hydrogen-bond acceptors (Lipinski definition) is 3. The summed E-state index contributed by atoms with van der Waals surface area (Å²) in [5, 5.41) is 0.663. The molecule has 1 aromatic heterocycles. The fourth-order valence-corrected chi connectivity index (χ4v) is 2.96. The van der Waals surface area contributed by atoms with Gasteiger partial charge in [-0.3, -0.25) is 9.36 Å². The summed E-state index contributed by atoms with van der Waals surface area (Å²) in [7, 11) is 1.75. The van der Waals surface area contributed by atoms with Crippen LogP contribution >= 0.6 is 11.6 Å². The highest BCUT2D eigenvalue weighted by molar-refractivity contribution is 6.30. The molecule has 5 nitrogen and oxygen atoms in total. The molecule has 4 rings (SSSR count). The van der Waals surface area contributed by atoms with Crippen LogP contribution in [0.15, 0.2) is 54.9 Å². The molecular formula is C18H14ClN3O2. The molecule has 1 amide bonds. The summed E-state index contributed by atoms with van der Waals surface area (Å²) >= 11 is 6.09. The minimum Gasteiger partial charge on any atom is -0.481 e. The van der Waals surface area contributed by atoms with E-state index in [1.165, 1.54) is 0 Å². The average molecular weight is 340 g/mol. The van der Waals surface area contributed by atoms with Gasteiger partial charge in [-0.15, -0.1) is 0 Å². The van der Waals surface area contributed by atoms with Crippen LogP contribution < -0.4 is 9.64 Å². The fraction of sp³-hybridized carbons (Fsp3) is 0.111. The van der Waals surface area contributed by atoms with Crippen LogP contribution in [-0.2, 0) is 4.79 Å². The Kier molecular flexibility index (Phi) is 3.50. The Hall–Kier alpha value is -2.79. The highest BCUT2D eigenvalue weighted by Gasteiger charge is 2.22. The van der Waals surface area contributed by atoms with Crippen molar-refractivity contribution in [1.82, 2.24) is 9.55 Å². The second-order valence-corrected chi connectivity index (χ2v) is 5.96. The van der Waals surface area contributed by atoms with Crippen molar-refractivity contribution in [3.63, 3.8) is 0 Å². The van der Waals surface area contributed by atoms with E-state index < -0.39 is 0 Å². The Morgan fingerprint density at radius 1 is 1.21 bits per heavy atom. The van der Waals surface area contributed by atoms with Crippen molar-refractivity contribution in [3.8, 4) is 22.8 Å². The predicted molar refractivity (Wildman–Crippen MR) is 92.9 cm³/mol. The van der Waals surface area contributed by atoms with E-state index in [1.54, 1.807) is 18.1 Å². The zero-order valence-electron chi connectivity index (χ0n) is 12.9. The zero-order valence-corrected chi connectivity index (χ0v) is 13.7. The number of nitrogens with zero attached hydrogens (tertiary/aromatic N) is 3. The molecule has 0 fully saturated rings. The van der Waals surface area contributed by atoms with Gasteiger partial charge in [-0.25, -0.2) is 4.98 Å². The van der Waals surface area contributed by atoms with Crippen molar-refractivity contribution in [3.05, 3.63) is 59.9 Å². The van der Waals surface area contributed by atoms with E-state index in [0.717, 1.165) is 22.8 Å². The Morgan fingerprint density at radius 2 is 2.08 bits per heavy atom. The number of anilines is 1. The second kappa shape index (κ2) is 5.69. The number of fused-ring (bicyclic) bond motifs is 1. The van der Waals surface area contributed by atoms with E-state index in [1.807, 2.05) is 53.2 Å². The maximum atomic E-state index is 11.7. The van der Waals surface area contributed by atoms with E-state index >= 15 is 0 Å². The summed E-state index contributed by atoms with van der Waals surface area (Å²) in [4.78, 5) is 17.8. The molecule has 0 aliphatic carbocycles. The molecular weight excluding hydrogens is 326 g/mol. The molecule has 3 aromatic rings. The minimum absolute atomic E-state index is 0.0536. The largest absolute Gasteiger partial charge is 0.481 e. The van der Waals surface area contributed by atoms with Gasteiger partial charge in [0.25, 0.3) is 5.91 Å². The molecule has 0 spiro atoms. The molecule has 0 atom stereocenters. The number of likely N-dealkylation sites (N-methyl/N-ethyl adjacent to an activating group) is 1. The van der Waals surface area contributed by atoms with Crippen molar-refractivity contribution >= 4 is 23.2 Å². The van der Waals surface area contributed by atoms with Crippen LogP contribution in [0.25, 0.3) is 17.1 Å². The number of carbonyl (C=O) groups excluding carboxylic acids is 1. The van der Waals surface area contributed by atoms with Crippen molar-refractivity contribution in [2.45, 2.75) is 0 Å². The lowest BCUT2D eigenvalue weighted by Crippen LogP contribution is -2.35. The van der Waals surface area contributed by atoms with E-state index in [0.29, 0.717) is 10.8 Å². The summed E-state index contributed by atoms with van der Waals surface area (Å²) in [6.45, 7) is 0.0536. The molecule has 0 unspecified atom stereocenters. The van der Waals surface area contributed by atoms with E-state index in [9.17, 15) is 4.79 Å². The number of halogens is 1. The van der Waals surface area contributed by atoms with Gasteiger partial charge >= 0.3 is 0 Å². The molecule has 0 saturated heterocycles. The Balaban J connectivity index is 1.79. The SMILES string of the molecule is CN1C(=O)COc2cc(-n3ccnc3-c3cccc(Cl)c3)ccc21. The summed E-state index contributed by atoms with van der Waals surface area (Å²) in [6, 6.07) is 13.3. The first kappa shape index (κ1) is 14.8. The van der Waals surface area contributed by atoms with Crippen LogP contribution in [0.4, 0.5) is 5.69 Å². The van der Waals surface area contributed by atoms with Crippen LogP contribution in [0, 0.1) is 0 Å². The molecule has 6 heteroatoms. The molecule has 1 aliphatic heterocycles. The number of aromatic nitrogens is 2. The number of hydrogen-bond donors (Lipinski definition) is 0. The molecule has 2 heterocycles. The number of imidazole rings is 1. The fourth-order valence-electron chi connectivity index (χ4n) is 2.77. The number of amides is 1. The third-order valence-corrected chi connectivity index (χ3v) is 4.27. The lowest BCUT2D eigenvalue weighted by atomic mass is 10.2. The number of benzene rings is 2. The molecule has 0 radical (unpaired) electrons. The maximum absolute atomic E-state index is 11.7. The van der Waals surface area contributed by atoms with Crippen molar-refractivity contribution < 1.29 is 9.53 Å². The van der Waals surface area contributed by atoms with Gasteiger partial charge in [-0.05, 0) is 24.3 Å². The summed E-state index contributed by atoms with van der Waals surface area (Å²) < 4.78 is 7.53. The molecule has 1 aliphatic rings. The van der Waals surface area contributed by atoms with Gasteiger partial charge in [0.2, 0.25) is 0 Å². The van der Waals surface area contributed by atoms with Crippen LogP contribution in [0.5, 0.6) is 5.75 Å². The third-order valence-electron chi connectivity index (χ3n) is 4.03. The minimum atomic E-state index is -0.0579. The summed E-state index contributed by atoms with van der Waals surface area (Å²) in [6.07, 6.45) is 3.63. The first-order valence-corrected chi connectivity index (χ1v) is 7.84.